The Labute approximate surface area is 115 Å². The lowest BCUT2D eigenvalue weighted by molar-refractivity contribution is 0.210. The van der Waals surface area contributed by atoms with E-state index in [4.69, 9.17) is 14.7 Å². The molecule has 0 bridgehead atoms. The molecule has 0 atom stereocenters. The molecule has 2 rings (SSSR count). The Hall–Kier alpha value is -2.61. The highest BCUT2D eigenvalue weighted by molar-refractivity contribution is 5.36. The maximum absolute atomic E-state index is 13.3. The number of hydrogen-bond donors (Lipinski definition) is 0. The van der Waals surface area contributed by atoms with E-state index in [2.05, 4.69) is 0 Å². The van der Waals surface area contributed by atoms with E-state index in [0.717, 1.165) is 6.07 Å². The molecule has 2 aromatic carbocycles. The Morgan fingerprint density at radius 2 is 1.75 bits per heavy atom. The van der Waals surface area contributed by atoms with E-state index in [1.165, 1.54) is 12.1 Å². The molecule has 0 radical (unpaired) electrons. The molecule has 0 aliphatic carbocycles. The summed E-state index contributed by atoms with van der Waals surface area (Å²) < 4.78 is 36.6. The van der Waals surface area contributed by atoms with Crippen LogP contribution in [-0.2, 0) is 0 Å². The zero-order valence-electron chi connectivity index (χ0n) is 10.5. The van der Waals surface area contributed by atoms with Gasteiger partial charge in [0.15, 0.2) is 11.6 Å². The van der Waals surface area contributed by atoms with Gasteiger partial charge in [0.05, 0.1) is 11.6 Å². The highest BCUT2D eigenvalue weighted by Gasteiger charge is 2.08. The molecule has 0 saturated carbocycles. The van der Waals surface area contributed by atoms with Crippen molar-refractivity contribution >= 4 is 0 Å². The zero-order chi connectivity index (χ0) is 14.4. The lowest BCUT2D eigenvalue weighted by Crippen LogP contribution is -2.10. The molecule has 102 valence electrons. The molecular weight excluding hydrogens is 264 g/mol. The Morgan fingerprint density at radius 3 is 2.55 bits per heavy atom. The molecule has 0 unspecified atom stereocenters. The van der Waals surface area contributed by atoms with Crippen LogP contribution in [0, 0.1) is 23.0 Å². The van der Waals surface area contributed by atoms with E-state index in [0.29, 0.717) is 11.3 Å². The minimum Gasteiger partial charge on any atom is -0.490 e. The highest BCUT2D eigenvalue weighted by Crippen LogP contribution is 2.19. The van der Waals surface area contributed by atoms with Gasteiger partial charge in [0.1, 0.15) is 19.0 Å². The molecule has 0 aliphatic heterocycles. The second-order valence-electron chi connectivity index (χ2n) is 3.89. The van der Waals surface area contributed by atoms with E-state index in [-0.39, 0.29) is 19.0 Å². The zero-order valence-corrected chi connectivity index (χ0v) is 10.5. The Balaban J connectivity index is 1.85. The van der Waals surface area contributed by atoms with Gasteiger partial charge in [-0.15, -0.1) is 0 Å². The van der Waals surface area contributed by atoms with Crippen LogP contribution in [0.3, 0.4) is 0 Å². The fourth-order valence-corrected chi connectivity index (χ4v) is 1.56. The molecule has 3 nitrogen and oxygen atoms in total. The van der Waals surface area contributed by atoms with Gasteiger partial charge in [-0.2, -0.15) is 9.65 Å². The lowest BCUT2D eigenvalue weighted by Gasteiger charge is -2.09. The summed E-state index contributed by atoms with van der Waals surface area (Å²) in [5.74, 6) is -1.60. The molecule has 0 spiro atoms. The van der Waals surface area contributed by atoms with Gasteiger partial charge in [-0.3, -0.25) is 0 Å². The average molecular weight is 275 g/mol. The molecule has 0 aromatic heterocycles. The maximum Gasteiger partial charge on any atom is 0.200 e. The number of rotatable bonds is 5. The summed E-state index contributed by atoms with van der Waals surface area (Å²) in [6.07, 6.45) is 0. The van der Waals surface area contributed by atoms with Crippen molar-refractivity contribution in [3.05, 3.63) is 59.7 Å². The molecule has 0 fully saturated rings. The van der Waals surface area contributed by atoms with Crippen LogP contribution in [-0.4, -0.2) is 13.2 Å². The molecule has 0 saturated heterocycles. The van der Waals surface area contributed by atoms with Gasteiger partial charge in [-0.05, 0) is 30.3 Å². The Kier molecular flexibility index (Phi) is 4.51. The minimum atomic E-state index is -1.01. The third-order valence-corrected chi connectivity index (χ3v) is 2.49. The number of benzene rings is 2. The van der Waals surface area contributed by atoms with E-state index in [1.807, 2.05) is 6.07 Å². The van der Waals surface area contributed by atoms with Gasteiger partial charge in [0.25, 0.3) is 0 Å². The first-order valence-corrected chi connectivity index (χ1v) is 5.90. The number of hydrogen-bond acceptors (Lipinski definition) is 3. The van der Waals surface area contributed by atoms with Gasteiger partial charge >= 0.3 is 0 Å². The first-order valence-electron chi connectivity index (χ1n) is 5.90. The molecule has 0 N–H and O–H groups in total. The maximum atomic E-state index is 13.3. The van der Waals surface area contributed by atoms with Crippen molar-refractivity contribution in [3.63, 3.8) is 0 Å². The second-order valence-corrected chi connectivity index (χ2v) is 3.89. The van der Waals surface area contributed by atoms with Crippen molar-refractivity contribution in [2.75, 3.05) is 13.2 Å². The van der Waals surface area contributed by atoms with Crippen molar-refractivity contribution in [1.82, 2.24) is 0 Å². The normalized spacial score (nSPS) is 9.85. The topological polar surface area (TPSA) is 42.2 Å². The van der Waals surface area contributed by atoms with E-state index in [9.17, 15) is 8.78 Å². The van der Waals surface area contributed by atoms with Crippen LogP contribution in [0.25, 0.3) is 0 Å². The van der Waals surface area contributed by atoms with Crippen LogP contribution in [0.2, 0.25) is 0 Å². The molecule has 0 aliphatic rings. The van der Waals surface area contributed by atoms with E-state index < -0.39 is 11.6 Å². The van der Waals surface area contributed by atoms with Crippen molar-refractivity contribution < 1.29 is 18.3 Å². The first-order chi connectivity index (χ1) is 9.70. The van der Waals surface area contributed by atoms with Crippen LogP contribution >= 0.6 is 0 Å². The molecule has 20 heavy (non-hydrogen) atoms. The van der Waals surface area contributed by atoms with Crippen LogP contribution < -0.4 is 9.47 Å². The largest absolute Gasteiger partial charge is 0.490 e. The van der Waals surface area contributed by atoms with E-state index >= 15 is 0 Å². The molecule has 2 aromatic rings. The summed E-state index contributed by atoms with van der Waals surface area (Å²) in [5.41, 5.74) is 0.486. The monoisotopic (exact) mass is 275 g/mol. The average Bonchev–Trinajstić information content (AvgIpc) is 2.48. The standard InChI is InChI=1S/C15H11F2NO2/c16-13-5-2-6-14(15(13)17)20-8-7-19-12-4-1-3-11(9-12)10-18/h1-6,9H,7-8H2. The van der Waals surface area contributed by atoms with Crippen LogP contribution in [0.1, 0.15) is 5.56 Å². The van der Waals surface area contributed by atoms with Crippen molar-refractivity contribution in [3.8, 4) is 17.6 Å². The minimum absolute atomic E-state index is 0.0666. The van der Waals surface area contributed by atoms with Crippen molar-refractivity contribution in [1.29, 1.82) is 5.26 Å². The number of ether oxygens (including phenoxy) is 2. The second kappa shape index (κ2) is 6.53. The van der Waals surface area contributed by atoms with Crippen LogP contribution in [0.5, 0.6) is 11.5 Å². The van der Waals surface area contributed by atoms with Gasteiger partial charge in [-0.25, -0.2) is 4.39 Å². The fraction of sp³-hybridized carbons (Fsp3) is 0.133. The van der Waals surface area contributed by atoms with Crippen molar-refractivity contribution in [2.24, 2.45) is 0 Å². The van der Waals surface area contributed by atoms with Gasteiger partial charge < -0.3 is 9.47 Å². The fourth-order valence-electron chi connectivity index (χ4n) is 1.56. The molecular formula is C15H11F2NO2. The summed E-state index contributed by atoms with van der Waals surface area (Å²) in [4.78, 5) is 0. The first kappa shape index (κ1) is 13.8. The summed E-state index contributed by atoms with van der Waals surface area (Å²) in [7, 11) is 0. The number of nitriles is 1. The summed E-state index contributed by atoms with van der Waals surface area (Å²) in [6.45, 7) is 0.224. The molecule has 5 heteroatoms. The lowest BCUT2D eigenvalue weighted by atomic mass is 10.2. The van der Waals surface area contributed by atoms with Gasteiger partial charge in [0.2, 0.25) is 5.82 Å². The third kappa shape index (κ3) is 3.45. The Bertz CT molecular complexity index is 638. The van der Waals surface area contributed by atoms with Crippen LogP contribution in [0.4, 0.5) is 8.78 Å². The van der Waals surface area contributed by atoms with Gasteiger partial charge in [0, 0.05) is 0 Å². The van der Waals surface area contributed by atoms with Gasteiger partial charge in [-0.1, -0.05) is 12.1 Å². The smallest absolute Gasteiger partial charge is 0.200 e. The summed E-state index contributed by atoms with van der Waals surface area (Å²) in [6, 6.07) is 12.4. The predicted octanol–water partition coefficient (Wildman–Crippen LogP) is 3.29. The third-order valence-electron chi connectivity index (χ3n) is 2.49. The number of nitrogens with zero attached hydrogens (tertiary/aromatic N) is 1. The predicted molar refractivity (Wildman–Crippen MR) is 68.5 cm³/mol. The van der Waals surface area contributed by atoms with Crippen LogP contribution in [0.15, 0.2) is 42.5 Å². The number of halogens is 2. The quantitative estimate of drug-likeness (QED) is 0.786. The molecule has 0 heterocycles. The summed E-state index contributed by atoms with van der Waals surface area (Å²) >= 11 is 0. The van der Waals surface area contributed by atoms with Crippen molar-refractivity contribution in [2.45, 2.75) is 0 Å². The summed E-state index contributed by atoms with van der Waals surface area (Å²) in [5, 5.41) is 8.73. The Morgan fingerprint density at radius 1 is 1.00 bits per heavy atom. The highest BCUT2D eigenvalue weighted by atomic mass is 19.2. The van der Waals surface area contributed by atoms with E-state index in [1.54, 1.807) is 24.3 Å². The SMILES string of the molecule is N#Cc1cccc(OCCOc2cccc(F)c2F)c1. The molecule has 0 amide bonds.